The first-order valence-corrected chi connectivity index (χ1v) is 9.60. The fraction of sp³-hybridized carbons (Fsp3) is 0.238. The molecule has 0 atom stereocenters. The van der Waals surface area contributed by atoms with Gasteiger partial charge in [-0.15, -0.1) is 11.3 Å². The van der Waals surface area contributed by atoms with Crippen LogP contribution in [0.3, 0.4) is 0 Å². The number of ether oxygens (including phenoxy) is 1. The molecule has 4 nitrogen and oxygen atoms in total. The smallest absolute Gasteiger partial charge is 0.313 e. The van der Waals surface area contributed by atoms with Crippen LogP contribution in [0, 0.1) is 0 Å². The Morgan fingerprint density at radius 2 is 2.08 bits per heavy atom. The lowest BCUT2D eigenvalue weighted by atomic mass is 10.1. The van der Waals surface area contributed by atoms with E-state index in [-0.39, 0.29) is 19.0 Å². The maximum absolute atomic E-state index is 12.2. The second-order valence-electron chi connectivity index (χ2n) is 6.23. The quantitative estimate of drug-likeness (QED) is 0.436. The Kier molecular flexibility index (Phi) is 4.71. The first-order valence-electron chi connectivity index (χ1n) is 8.72. The SMILES string of the molecule is CCCc1nc(COC(=O)Cc2cc3c(ccc4ccccc43)o2)cs1. The number of hydrogen-bond donors (Lipinski definition) is 0. The molecule has 0 amide bonds. The molecule has 0 aliphatic rings. The van der Waals surface area contributed by atoms with Crippen LogP contribution in [-0.2, 0) is 29.0 Å². The van der Waals surface area contributed by atoms with Crippen LogP contribution in [0.25, 0.3) is 21.7 Å². The van der Waals surface area contributed by atoms with Crippen LogP contribution >= 0.6 is 11.3 Å². The van der Waals surface area contributed by atoms with Crippen LogP contribution in [0.5, 0.6) is 0 Å². The van der Waals surface area contributed by atoms with E-state index >= 15 is 0 Å². The maximum atomic E-state index is 12.2. The number of fused-ring (bicyclic) bond motifs is 3. The lowest BCUT2D eigenvalue weighted by molar-refractivity contribution is -0.144. The lowest BCUT2D eigenvalue weighted by Gasteiger charge is -2.00. The van der Waals surface area contributed by atoms with Gasteiger partial charge in [-0.25, -0.2) is 4.98 Å². The maximum Gasteiger partial charge on any atom is 0.313 e. The Hall–Kier alpha value is -2.66. The van der Waals surface area contributed by atoms with Crippen molar-refractivity contribution >= 4 is 39.0 Å². The predicted octanol–water partition coefficient (Wildman–Crippen LogP) is 5.28. The highest BCUT2D eigenvalue weighted by Gasteiger charge is 2.13. The van der Waals surface area contributed by atoms with Gasteiger partial charge in [0, 0.05) is 10.8 Å². The van der Waals surface area contributed by atoms with Crippen LogP contribution in [0.1, 0.15) is 29.8 Å². The Labute approximate surface area is 155 Å². The molecule has 2 heterocycles. The summed E-state index contributed by atoms with van der Waals surface area (Å²) in [5.74, 6) is 0.310. The molecule has 2 aromatic heterocycles. The van der Waals surface area contributed by atoms with Crippen LogP contribution in [0.2, 0.25) is 0 Å². The Morgan fingerprint density at radius 3 is 2.96 bits per heavy atom. The zero-order valence-corrected chi connectivity index (χ0v) is 15.3. The molecule has 0 saturated carbocycles. The fourth-order valence-electron chi connectivity index (χ4n) is 3.02. The van der Waals surface area contributed by atoms with E-state index in [0.717, 1.165) is 45.3 Å². The van der Waals surface area contributed by atoms with Crippen molar-refractivity contribution in [2.75, 3.05) is 0 Å². The van der Waals surface area contributed by atoms with E-state index in [9.17, 15) is 4.79 Å². The molecule has 0 fully saturated rings. The summed E-state index contributed by atoms with van der Waals surface area (Å²) < 4.78 is 11.2. The molecule has 0 radical (unpaired) electrons. The van der Waals surface area contributed by atoms with Gasteiger partial charge < -0.3 is 9.15 Å². The number of benzene rings is 2. The van der Waals surface area contributed by atoms with E-state index in [1.807, 2.05) is 35.7 Å². The minimum atomic E-state index is -0.307. The zero-order valence-electron chi connectivity index (χ0n) is 14.5. The summed E-state index contributed by atoms with van der Waals surface area (Å²) in [6.07, 6.45) is 2.15. The van der Waals surface area contributed by atoms with Crippen molar-refractivity contribution < 1.29 is 13.9 Å². The first kappa shape index (κ1) is 16.8. The number of carbonyl (C=O) groups excluding carboxylic acids is 1. The highest BCUT2D eigenvalue weighted by atomic mass is 32.1. The van der Waals surface area contributed by atoms with Gasteiger partial charge in [0.25, 0.3) is 0 Å². The van der Waals surface area contributed by atoms with E-state index in [1.165, 1.54) is 0 Å². The zero-order chi connectivity index (χ0) is 17.9. The van der Waals surface area contributed by atoms with Gasteiger partial charge in [-0.2, -0.15) is 0 Å². The summed E-state index contributed by atoms with van der Waals surface area (Å²) in [6.45, 7) is 2.33. The molecule has 4 aromatic rings. The molecule has 5 heteroatoms. The Balaban J connectivity index is 1.44. The third-order valence-corrected chi connectivity index (χ3v) is 5.20. The molecule has 0 bridgehead atoms. The number of carbonyl (C=O) groups is 1. The number of esters is 1. The van der Waals surface area contributed by atoms with Crippen LogP contribution in [0.15, 0.2) is 52.3 Å². The van der Waals surface area contributed by atoms with Crippen molar-refractivity contribution in [1.29, 1.82) is 0 Å². The lowest BCUT2D eigenvalue weighted by Crippen LogP contribution is -2.07. The molecular weight excluding hydrogens is 346 g/mol. The summed E-state index contributed by atoms with van der Waals surface area (Å²) in [5, 5.41) is 6.34. The van der Waals surface area contributed by atoms with Crippen LogP contribution in [0.4, 0.5) is 0 Å². The van der Waals surface area contributed by atoms with Gasteiger partial charge in [0.15, 0.2) is 0 Å². The summed E-state index contributed by atoms with van der Waals surface area (Å²) in [6, 6.07) is 14.0. The molecule has 0 saturated heterocycles. The van der Waals surface area contributed by atoms with Crippen molar-refractivity contribution in [1.82, 2.24) is 4.98 Å². The third-order valence-electron chi connectivity index (χ3n) is 4.24. The van der Waals surface area contributed by atoms with Gasteiger partial charge in [-0.05, 0) is 35.7 Å². The van der Waals surface area contributed by atoms with E-state index in [1.54, 1.807) is 11.3 Å². The van der Waals surface area contributed by atoms with E-state index in [4.69, 9.17) is 9.15 Å². The van der Waals surface area contributed by atoms with Crippen molar-refractivity contribution in [3.63, 3.8) is 0 Å². The highest BCUT2D eigenvalue weighted by molar-refractivity contribution is 7.09. The van der Waals surface area contributed by atoms with Crippen molar-refractivity contribution in [2.45, 2.75) is 32.8 Å². The number of thiazole rings is 1. The van der Waals surface area contributed by atoms with E-state index < -0.39 is 0 Å². The van der Waals surface area contributed by atoms with Gasteiger partial charge in [0.1, 0.15) is 24.4 Å². The summed E-state index contributed by atoms with van der Waals surface area (Å²) in [7, 11) is 0. The number of aryl methyl sites for hydroxylation is 1. The van der Waals surface area contributed by atoms with Crippen molar-refractivity contribution in [2.24, 2.45) is 0 Å². The topological polar surface area (TPSA) is 52.3 Å². The van der Waals surface area contributed by atoms with E-state index in [0.29, 0.717) is 5.76 Å². The van der Waals surface area contributed by atoms with Gasteiger partial charge in [-0.1, -0.05) is 37.3 Å². The minimum Gasteiger partial charge on any atom is -0.460 e. The standard InChI is InChI=1S/C21H19NO3S/c1-2-5-20-22-15(13-26-20)12-24-21(23)11-16-10-18-17-7-4-3-6-14(17)8-9-19(18)25-16/h3-4,6-10,13H,2,5,11-12H2,1H3. The molecule has 132 valence electrons. The van der Waals surface area contributed by atoms with Crippen LogP contribution in [-0.4, -0.2) is 11.0 Å². The normalized spacial score (nSPS) is 11.3. The van der Waals surface area contributed by atoms with E-state index in [2.05, 4.69) is 24.0 Å². The molecule has 0 N–H and O–H groups in total. The number of aromatic nitrogens is 1. The number of rotatable bonds is 6. The van der Waals surface area contributed by atoms with Gasteiger partial charge in [-0.3, -0.25) is 4.79 Å². The minimum absolute atomic E-state index is 0.120. The molecule has 4 rings (SSSR count). The second kappa shape index (κ2) is 7.30. The number of hydrogen-bond acceptors (Lipinski definition) is 5. The summed E-state index contributed by atoms with van der Waals surface area (Å²) >= 11 is 1.61. The Bertz CT molecular complexity index is 1060. The number of furan rings is 1. The highest BCUT2D eigenvalue weighted by Crippen LogP contribution is 2.28. The predicted molar refractivity (Wildman–Crippen MR) is 103 cm³/mol. The average molecular weight is 365 g/mol. The van der Waals surface area contributed by atoms with Crippen LogP contribution < -0.4 is 0 Å². The molecule has 26 heavy (non-hydrogen) atoms. The van der Waals surface area contributed by atoms with Crippen molar-refractivity contribution in [3.8, 4) is 0 Å². The van der Waals surface area contributed by atoms with Gasteiger partial charge in [0.2, 0.25) is 0 Å². The van der Waals surface area contributed by atoms with Crippen molar-refractivity contribution in [3.05, 3.63) is 64.3 Å². The molecule has 0 unspecified atom stereocenters. The second-order valence-corrected chi connectivity index (χ2v) is 7.17. The fourth-order valence-corrected chi connectivity index (χ4v) is 3.91. The van der Waals surface area contributed by atoms with Gasteiger partial charge >= 0.3 is 5.97 Å². The Morgan fingerprint density at radius 1 is 1.19 bits per heavy atom. The summed E-state index contributed by atoms with van der Waals surface area (Å²) in [5.41, 5.74) is 1.60. The molecule has 0 aliphatic carbocycles. The summed E-state index contributed by atoms with van der Waals surface area (Å²) in [4.78, 5) is 16.6. The monoisotopic (exact) mass is 365 g/mol. The average Bonchev–Trinajstić information content (AvgIpc) is 3.26. The molecular formula is C21H19NO3S. The molecule has 0 aliphatic heterocycles. The first-order chi connectivity index (χ1) is 12.7. The van der Waals surface area contributed by atoms with Gasteiger partial charge in [0.05, 0.1) is 10.7 Å². The molecule has 0 spiro atoms. The number of nitrogens with zero attached hydrogens (tertiary/aromatic N) is 1. The molecule has 2 aromatic carbocycles. The third kappa shape index (κ3) is 3.48. The largest absolute Gasteiger partial charge is 0.460 e.